The SMILES string of the molecule is COc1cc2c(cc1OC)-c1c(C)c3cc(OC)c(OC)cc3c(=O)n1CC2. The number of benzene rings is 2. The molecular formula is C22H23NO5. The van der Waals surface area contributed by atoms with E-state index in [9.17, 15) is 4.79 Å². The van der Waals surface area contributed by atoms with Gasteiger partial charge in [-0.3, -0.25) is 4.79 Å². The zero-order valence-corrected chi connectivity index (χ0v) is 16.7. The van der Waals surface area contributed by atoms with Crippen LogP contribution in [-0.2, 0) is 13.0 Å². The first-order valence-electron chi connectivity index (χ1n) is 9.08. The molecule has 0 aliphatic carbocycles. The third-order valence-electron chi connectivity index (χ3n) is 5.50. The van der Waals surface area contributed by atoms with Crippen molar-refractivity contribution in [3.05, 3.63) is 45.7 Å². The van der Waals surface area contributed by atoms with Crippen molar-refractivity contribution in [3.8, 4) is 34.3 Å². The number of methoxy groups -OCH3 is 4. The van der Waals surface area contributed by atoms with Crippen LogP contribution in [-0.4, -0.2) is 33.0 Å². The number of nitrogens with zero attached hydrogens (tertiary/aromatic N) is 1. The Hall–Kier alpha value is -3.15. The van der Waals surface area contributed by atoms with E-state index in [0.717, 1.165) is 34.2 Å². The molecule has 2 heterocycles. The second-order valence-electron chi connectivity index (χ2n) is 6.80. The Balaban J connectivity index is 2.08. The van der Waals surface area contributed by atoms with Crippen molar-refractivity contribution in [2.75, 3.05) is 28.4 Å². The molecule has 0 spiro atoms. The summed E-state index contributed by atoms with van der Waals surface area (Å²) in [7, 11) is 6.41. The van der Waals surface area contributed by atoms with Gasteiger partial charge in [0.1, 0.15) is 0 Å². The van der Waals surface area contributed by atoms with E-state index in [4.69, 9.17) is 18.9 Å². The van der Waals surface area contributed by atoms with Crippen LogP contribution in [0.25, 0.3) is 22.0 Å². The zero-order chi connectivity index (χ0) is 20.0. The summed E-state index contributed by atoms with van der Waals surface area (Å²) >= 11 is 0. The molecule has 1 aliphatic heterocycles. The van der Waals surface area contributed by atoms with E-state index >= 15 is 0 Å². The van der Waals surface area contributed by atoms with Gasteiger partial charge in [0, 0.05) is 12.1 Å². The maximum absolute atomic E-state index is 13.3. The Bertz CT molecular complexity index is 1150. The molecule has 1 aliphatic rings. The molecule has 28 heavy (non-hydrogen) atoms. The molecule has 0 atom stereocenters. The first-order valence-corrected chi connectivity index (χ1v) is 9.08. The maximum atomic E-state index is 13.3. The zero-order valence-electron chi connectivity index (χ0n) is 16.7. The lowest BCUT2D eigenvalue weighted by Crippen LogP contribution is -2.27. The van der Waals surface area contributed by atoms with Crippen LogP contribution in [0.4, 0.5) is 0 Å². The summed E-state index contributed by atoms with van der Waals surface area (Å²) < 4.78 is 23.6. The molecule has 0 radical (unpaired) electrons. The van der Waals surface area contributed by atoms with Crippen molar-refractivity contribution in [1.82, 2.24) is 4.57 Å². The van der Waals surface area contributed by atoms with Crippen LogP contribution in [0, 0.1) is 6.92 Å². The van der Waals surface area contributed by atoms with E-state index in [1.165, 1.54) is 0 Å². The Labute approximate surface area is 163 Å². The predicted octanol–water partition coefficient (Wildman–Crippen LogP) is 3.57. The van der Waals surface area contributed by atoms with Crippen LogP contribution >= 0.6 is 0 Å². The molecule has 6 heteroatoms. The van der Waals surface area contributed by atoms with Gasteiger partial charge >= 0.3 is 0 Å². The van der Waals surface area contributed by atoms with Gasteiger partial charge in [0.15, 0.2) is 23.0 Å². The van der Waals surface area contributed by atoms with Crippen molar-refractivity contribution in [1.29, 1.82) is 0 Å². The normalized spacial score (nSPS) is 12.3. The minimum atomic E-state index is -0.0306. The highest BCUT2D eigenvalue weighted by atomic mass is 16.5. The van der Waals surface area contributed by atoms with Crippen molar-refractivity contribution in [2.45, 2.75) is 19.9 Å². The Morgan fingerprint density at radius 1 is 0.786 bits per heavy atom. The van der Waals surface area contributed by atoms with Gasteiger partial charge in [-0.05, 0) is 54.1 Å². The summed E-state index contributed by atoms with van der Waals surface area (Å²) in [6.07, 6.45) is 0.751. The molecule has 3 aromatic rings. The fourth-order valence-corrected chi connectivity index (χ4v) is 4.08. The average molecular weight is 381 g/mol. The van der Waals surface area contributed by atoms with Crippen molar-refractivity contribution < 1.29 is 18.9 Å². The van der Waals surface area contributed by atoms with Crippen LogP contribution in [0.5, 0.6) is 23.0 Å². The molecular weight excluding hydrogens is 358 g/mol. The summed E-state index contributed by atoms with van der Waals surface area (Å²) in [5.74, 6) is 2.50. The topological polar surface area (TPSA) is 58.9 Å². The maximum Gasteiger partial charge on any atom is 0.259 e. The van der Waals surface area contributed by atoms with Gasteiger partial charge in [0.25, 0.3) is 5.56 Å². The molecule has 0 amide bonds. The molecule has 0 bridgehead atoms. The summed E-state index contributed by atoms with van der Waals surface area (Å²) in [4.78, 5) is 13.3. The van der Waals surface area contributed by atoms with Gasteiger partial charge in [-0.15, -0.1) is 0 Å². The predicted molar refractivity (Wildman–Crippen MR) is 108 cm³/mol. The van der Waals surface area contributed by atoms with Crippen LogP contribution in [0.15, 0.2) is 29.1 Å². The molecule has 4 rings (SSSR count). The number of hydrogen-bond donors (Lipinski definition) is 0. The minimum Gasteiger partial charge on any atom is -0.493 e. The first kappa shape index (κ1) is 18.2. The Kier molecular flexibility index (Phi) is 4.41. The van der Waals surface area contributed by atoms with Gasteiger partial charge < -0.3 is 23.5 Å². The van der Waals surface area contributed by atoms with E-state index in [-0.39, 0.29) is 5.56 Å². The summed E-state index contributed by atoms with van der Waals surface area (Å²) in [5.41, 5.74) is 4.03. The largest absolute Gasteiger partial charge is 0.493 e. The van der Waals surface area contributed by atoms with E-state index in [1.807, 2.05) is 29.7 Å². The number of fused-ring (bicyclic) bond motifs is 4. The molecule has 146 valence electrons. The van der Waals surface area contributed by atoms with E-state index in [2.05, 4.69) is 0 Å². The highest BCUT2D eigenvalue weighted by Gasteiger charge is 2.25. The van der Waals surface area contributed by atoms with Gasteiger partial charge in [0.2, 0.25) is 0 Å². The van der Waals surface area contributed by atoms with Crippen molar-refractivity contribution in [2.24, 2.45) is 0 Å². The third kappa shape index (κ3) is 2.52. The van der Waals surface area contributed by atoms with Crippen LogP contribution in [0.3, 0.4) is 0 Å². The fourth-order valence-electron chi connectivity index (χ4n) is 4.08. The van der Waals surface area contributed by atoms with E-state index < -0.39 is 0 Å². The molecule has 1 aromatic heterocycles. The molecule has 0 fully saturated rings. The highest BCUT2D eigenvalue weighted by molar-refractivity contribution is 5.93. The highest BCUT2D eigenvalue weighted by Crippen LogP contribution is 2.41. The summed E-state index contributed by atoms with van der Waals surface area (Å²) in [5, 5.41) is 1.49. The Morgan fingerprint density at radius 3 is 1.93 bits per heavy atom. The number of hydrogen-bond acceptors (Lipinski definition) is 5. The van der Waals surface area contributed by atoms with Gasteiger partial charge in [-0.2, -0.15) is 0 Å². The lowest BCUT2D eigenvalue weighted by Gasteiger charge is -2.26. The first-order chi connectivity index (χ1) is 13.5. The Morgan fingerprint density at radius 2 is 1.32 bits per heavy atom. The van der Waals surface area contributed by atoms with Crippen LogP contribution < -0.4 is 24.5 Å². The quantitative estimate of drug-likeness (QED) is 0.692. The molecule has 2 aromatic carbocycles. The number of rotatable bonds is 4. The molecule has 0 N–H and O–H groups in total. The second-order valence-corrected chi connectivity index (χ2v) is 6.80. The third-order valence-corrected chi connectivity index (χ3v) is 5.50. The fraction of sp³-hybridized carbons (Fsp3) is 0.318. The lowest BCUT2D eigenvalue weighted by atomic mass is 9.91. The van der Waals surface area contributed by atoms with Gasteiger partial charge in [-0.1, -0.05) is 0 Å². The molecule has 0 unspecified atom stereocenters. The average Bonchev–Trinajstić information content (AvgIpc) is 2.74. The van der Waals surface area contributed by atoms with Crippen LogP contribution in [0.2, 0.25) is 0 Å². The lowest BCUT2D eigenvalue weighted by molar-refractivity contribution is 0.354. The number of aryl methyl sites for hydroxylation is 2. The molecule has 0 saturated carbocycles. The monoisotopic (exact) mass is 381 g/mol. The minimum absolute atomic E-state index is 0.0306. The van der Waals surface area contributed by atoms with E-state index in [0.29, 0.717) is 34.9 Å². The smallest absolute Gasteiger partial charge is 0.259 e. The van der Waals surface area contributed by atoms with Crippen molar-refractivity contribution in [3.63, 3.8) is 0 Å². The molecule has 0 saturated heterocycles. The standard InChI is InChI=1S/C22H23NO5/c1-12-14-9-18(26-3)20(28-5)11-16(14)22(24)23-7-6-13-8-17(25-2)19(27-4)10-15(13)21(12)23/h8-11H,6-7H2,1-5H3. The van der Waals surface area contributed by atoms with Crippen molar-refractivity contribution >= 4 is 10.8 Å². The van der Waals surface area contributed by atoms with Gasteiger partial charge in [-0.25, -0.2) is 0 Å². The molecule has 6 nitrogen and oxygen atoms in total. The number of ether oxygens (including phenoxy) is 4. The summed E-state index contributed by atoms with van der Waals surface area (Å²) in [6, 6.07) is 7.60. The number of aromatic nitrogens is 1. The second kappa shape index (κ2) is 6.78. The van der Waals surface area contributed by atoms with Gasteiger partial charge in [0.05, 0.1) is 39.5 Å². The number of pyridine rings is 1. The van der Waals surface area contributed by atoms with Crippen LogP contribution in [0.1, 0.15) is 11.1 Å². The van der Waals surface area contributed by atoms with E-state index in [1.54, 1.807) is 34.5 Å². The summed E-state index contributed by atoms with van der Waals surface area (Å²) in [6.45, 7) is 2.65.